The summed E-state index contributed by atoms with van der Waals surface area (Å²) in [5, 5.41) is 8.88. The van der Waals surface area contributed by atoms with E-state index in [-0.39, 0.29) is 12.1 Å². The second-order valence-electron chi connectivity index (χ2n) is 10.7. The molecule has 176 valence electrons. The number of hydrogen-bond acceptors (Lipinski definition) is 6. The van der Waals surface area contributed by atoms with Crippen LogP contribution in [-0.4, -0.2) is 59.7 Å². The molecule has 3 aromatic rings. The highest BCUT2D eigenvalue weighted by molar-refractivity contribution is 5.69. The predicted octanol–water partition coefficient (Wildman–Crippen LogP) is 4.17. The van der Waals surface area contributed by atoms with E-state index in [1.807, 2.05) is 50.9 Å². The number of aromatic nitrogens is 5. The molecule has 0 saturated heterocycles. The van der Waals surface area contributed by atoms with Crippen LogP contribution in [0, 0.1) is 0 Å². The summed E-state index contributed by atoms with van der Waals surface area (Å²) in [6.07, 6.45) is 11.1. The largest absolute Gasteiger partial charge is 0.470 e. The van der Waals surface area contributed by atoms with Crippen LogP contribution in [0.15, 0.2) is 24.8 Å². The second-order valence-corrected chi connectivity index (χ2v) is 10.7. The average molecular weight is 453 g/mol. The van der Waals surface area contributed by atoms with E-state index in [0.717, 1.165) is 16.8 Å². The third kappa shape index (κ3) is 4.28. The normalized spacial score (nSPS) is 22.8. The molecule has 0 spiro atoms. The monoisotopic (exact) mass is 452 g/mol. The molecule has 0 bridgehead atoms. The fraction of sp³-hybridized carbons (Fsp3) is 0.583. The topological polar surface area (TPSA) is 86.8 Å². The Morgan fingerprint density at radius 3 is 2.52 bits per heavy atom. The van der Waals surface area contributed by atoms with Crippen LogP contribution < -0.4 is 4.74 Å². The number of aryl methyl sites for hydroxylation is 1. The van der Waals surface area contributed by atoms with Gasteiger partial charge in [0.15, 0.2) is 0 Å². The Labute approximate surface area is 193 Å². The lowest BCUT2D eigenvalue weighted by Crippen LogP contribution is -2.57. The SMILES string of the molecule is Cn1cc(-c2cn3ncc(C4CC4)c3c(O[C@]3(C)C[C@H](N(C)C(=O)OC(C)(C)C)C3)n2)cn1. The molecular weight excluding hydrogens is 420 g/mol. The molecule has 0 unspecified atom stereocenters. The van der Waals surface area contributed by atoms with Gasteiger partial charge in [0.1, 0.15) is 16.7 Å². The quantitative estimate of drug-likeness (QED) is 0.577. The smallest absolute Gasteiger partial charge is 0.410 e. The van der Waals surface area contributed by atoms with Crippen LogP contribution in [0.3, 0.4) is 0 Å². The molecule has 0 N–H and O–H groups in total. The third-order valence-electron chi connectivity index (χ3n) is 6.42. The molecule has 3 heterocycles. The highest BCUT2D eigenvalue weighted by Gasteiger charge is 2.47. The van der Waals surface area contributed by atoms with Crippen molar-refractivity contribution >= 4 is 11.6 Å². The minimum atomic E-state index is -0.516. The molecule has 2 aliphatic rings. The van der Waals surface area contributed by atoms with Crippen molar-refractivity contribution in [2.45, 2.75) is 76.5 Å². The maximum atomic E-state index is 12.5. The zero-order valence-electron chi connectivity index (χ0n) is 20.2. The van der Waals surface area contributed by atoms with Crippen molar-refractivity contribution in [2.24, 2.45) is 7.05 Å². The lowest BCUT2D eigenvalue weighted by atomic mass is 9.76. The molecule has 3 aromatic heterocycles. The van der Waals surface area contributed by atoms with E-state index < -0.39 is 11.2 Å². The van der Waals surface area contributed by atoms with Crippen molar-refractivity contribution in [3.63, 3.8) is 0 Å². The van der Waals surface area contributed by atoms with E-state index in [2.05, 4.69) is 17.1 Å². The van der Waals surface area contributed by atoms with Gasteiger partial charge in [0.2, 0.25) is 5.88 Å². The number of fused-ring (bicyclic) bond motifs is 1. The molecule has 9 heteroatoms. The van der Waals surface area contributed by atoms with E-state index in [0.29, 0.717) is 24.6 Å². The Morgan fingerprint density at radius 2 is 1.91 bits per heavy atom. The minimum absolute atomic E-state index is 0.0650. The lowest BCUT2D eigenvalue weighted by Gasteiger charge is -2.48. The number of amides is 1. The maximum absolute atomic E-state index is 12.5. The Balaban J connectivity index is 1.40. The fourth-order valence-corrected chi connectivity index (χ4v) is 4.47. The standard InChI is InChI=1S/C24H32N6O3/c1-23(2,3)33-22(31)29(6)17-9-24(4,10-17)32-21-20-18(15-7-8-15)12-26-30(20)14-19(27-21)16-11-25-28(5)13-16/h11-15,17H,7-10H2,1-6H3/t17-,24+. The molecule has 9 nitrogen and oxygen atoms in total. The van der Waals surface area contributed by atoms with Crippen LogP contribution in [-0.2, 0) is 11.8 Å². The molecule has 1 amide bonds. The van der Waals surface area contributed by atoms with E-state index in [1.54, 1.807) is 22.8 Å². The van der Waals surface area contributed by atoms with Crippen LogP contribution in [0.1, 0.15) is 64.9 Å². The van der Waals surface area contributed by atoms with Gasteiger partial charge in [-0.2, -0.15) is 10.2 Å². The second kappa shape index (κ2) is 7.46. The number of nitrogens with zero attached hydrogens (tertiary/aromatic N) is 6. The van der Waals surface area contributed by atoms with Crippen LogP contribution in [0.4, 0.5) is 4.79 Å². The molecule has 2 saturated carbocycles. The third-order valence-corrected chi connectivity index (χ3v) is 6.42. The van der Waals surface area contributed by atoms with Crippen LogP contribution >= 0.6 is 0 Å². The summed E-state index contributed by atoms with van der Waals surface area (Å²) < 4.78 is 15.7. The molecule has 5 rings (SSSR count). The number of ether oxygens (including phenoxy) is 2. The van der Waals surface area contributed by atoms with Crippen molar-refractivity contribution in [1.82, 2.24) is 29.3 Å². The summed E-state index contributed by atoms with van der Waals surface area (Å²) in [4.78, 5) is 19.1. The van der Waals surface area contributed by atoms with Crippen molar-refractivity contribution < 1.29 is 14.3 Å². The van der Waals surface area contributed by atoms with Gasteiger partial charge >= 0.3 is 6.09 Å². The summed E-state index contributed by atoms with van der Waals surface area (Å²) in [5.74, 6) is 1.12. The summed E-state index contributed by atoms with van der Waals surface area (Å²) >= 11 is 0. The molecule has 2 fully saturated rings. The van der Waals surface area contributed by atoms with Gasteiger partial charge < -0.3 is 14.4 Å². The number of carbonyl (C=O) groups excluding carboxylic acids is 1. The summed E-state index contributed by atoms with van der Waals surface area (Å²) in [6.45, 7) is 7.71. The van der Waals surface area contributed by atoms with E-state index >= 15 is 0 Å². The van der Waals surface area contributed by atoms with Crippen molar-refractivity contribution in [1.29, 1.82) is 0 Å². The molecule has 0 atom stereocenters. The molecule has 2 aliphatic carbocycles. The predicted molar refractivity (Wildman–Crippen MR) is 123 cm³/mol. The van der Waals surface area contributed by atoms with Crippen molar-refractivity contribution in [3.8, 4) is 17.1 Å². The summed E-state index contributed by atoms with van der Waals surface area (Å²) in [6, 6.07) is 0.0650. The van der Waals surface area contributed by atoms with Gasteiger partial charge in [0, 0.05) is 50.3 Å². The van der Waals surface area contributed by atoms with Gasteiger partial charge in [0.05, 0.1) is 24.3 Å². The summed E-state index contributed by atoms with van der Waals surface area (Å²) in [5.41, 5.74) is 2.87. The van der Waals surface area contributed by atoms with Gasteiger partial charge in [-0.15, -0.1) is 0 Å². The first-order chi connectivity index (χ1) is 15.5. The zero-order chi connectivity index (χ0) is 23.5. The van der Waals surface area contributed by atoms with Gasteiger partial charge in [-0.05, 0) is 46.5 Å². The van der Waals surface area contributed by atoms with Crippen LogP contribution in [0.5, 0.6) is 5.88 Å². The van der Waals surface area contributed by atoms with E-state index in [1.165, 1.54) is 18.4 Å². The first-order valence-corrected chi connectivity index (χ1v) is 11.5. The first-order valence-electron chi connectivity index (χ1n) is 11.5. The van der Waals surface area contributed by atoms with Gasteiger partial charge in [-0.25, -0.2) is 14.3 Å². The highest BCUT2D eigenvalue weighted by Crippen LogP contribution is 2.46. The lowest BCUT2D eigenvalue weighted by molar-refractivity contribution is -0.0588. The first kappa shape index (κ1) is 21.7. The van der Waals surface area contributed by atoms with Gasteiger partial charge in [-0.3, -0.25) is 4.68 Å². The number of hydrogen-bond donors (Lipinski definition) is 0. The molecule has 0 radical (unpaired) electrons. The molecule has 33 heavy (non-hydrogen) atoms. The zero-order valence-corrected chi connectivity index (χ0v) is 20.2. The summed E-state index contributed by atoms with van der Waals surface area (Å²) in [7, 11) is 3.68. The molecule has 0 aliphatic heterocycles. The Morgan fingerprint density at radius 1 is 1.18 bits per heavy atom. The fourth-order valence-electron chi connectivity index (χ4n) is 4.47. The van der Waals surface area contributed by atoms with E-state index in [9.17, 15) is 4.79 Å². The number of carbonyl (C=O) groups is 1. The minimum Gasteiger partial charge on any atom is -0.470 e. The maximum Gasteiger partial charge on any atom is 0.410 e. The molecular formula is C24H32N6O3. The Bertz CT molecular complexity index is 1200. The van der Waals surface area contributed by atoms with Crippen LogP contribution in [0.25, 0.3) is 16.8 Å². The highest BCUT2D eigenvalue weighted by atomic mass is 16.6. The van der Waals surface area contributed by atoms with Crippen molar-refractivity contribution in [3.05, 3.63) is 30.4 Å². The molecule has 0 aromatic carbocycles. The van der Waals surface area contributed by atoms with Gasteiger partial charge in [0.25, 0.3) is 0 Å². The van der Waals surface area contributed by atoms with Crippen molar-refractivity contribution in [2.75, 3.05) is 7.05 Å². The Kier molecular flexibility index (Phi) is 4.91. The van der Waals surface area contributed by atoms with Crippen LogP contribution in [0.2, 0.25) is 0 Å². The number of rotatable bonds is 5. The van der Waals surface area contributed by atoms with E-state index in [4.69, 9.17) is 14.5 Å². The Hall–Kier alpha value is -3.10. The average Bonchev–Trinajstić information content (AvgIpc) is 3.30. The van der Waals surface area contributed by atoms with Gasteiger partial charge in [-0.1, -0.05) is 0 Å².